The molecule has 1 amide bonds. The standard InChI is InChI=1S/C21H26ClN5O.HI/c1-16(28)25-19-7-3-5-17(13-19)15-24-21(23-2)27-11-9-26(10-12-27)20-8-4-6-18(22)14-20;/h3-8,13-14H,9-12,15H2,1-2H3,(H,23,24)(H,25,28);1H. The molecule has 2 N–H and O–H groups in total. The lowest BCUT2D eigenvalue weighted by Gasteiger charge is -2.37. The molecule has 1 saturated heterocycles. The molecule has 3 rings (SSSR count). The first-order chi connectivity index (χ1) is 13.5. The fraction of sp³-hybridized carbons (Fsp3) is 0.333. The Bertz CT molecular complexity index is 852. The summed E-state index contributed by atoms with van der Waals surface area (Å²) >= 11 is 6.11. The van der Waals surface area contributed by atoms with Gasteiger partial charge < -0.3 is 20.4 Å². The average Bonchev–Trinajstić information content (AvgIpc) is 2.69. The normalized spacial score (nSPS) is 14.2. The highest BCUT2D eigenvalue weighted by Gasteiger charge is 2.19. The van der Waals surface area contributed by atoms with Gasteiger partial charge in [-0.05, 0) is 35.9 Å². The Labute approximate surface area is 194 Å². The molecule has 156 valence electrons. The van der Waals surface area contributed by atoms with Crippen LogP contribution in [-0.4, -0.2) is 50.0 Å². The second-order valence-corrected chi connectivity index (χ2v) is 7.17. The number of guanidine groups is 1. The van der Waals surface area contributed by atoms with Gasteiger partial charge in [-0.2, -0.15) is 0 Å². The van der Waals surface area contributed by atoms with Crippen molar-refractivity contribution in [2.24, 2.45) is 4.99 Å². The molecule has 0 atom stereocenters. The number of halogens is 2. The summed E-state index contributed by atoms with van der Waals surface area (Å²) < 4.78 is 0. The van der Waals surface area contributed by atoms with Crippen LogP contribution in [0.15, 0.2) is 53.5 Å². The quantitative estimate of drug-likeness (QED) is 0.361. The van der Waals surface area contributed by atoms with Crippen molar-refractivity contribution in [1.29, 1.82) is 0 Å². The highest BCUT2D eigenvalue weighted by atomic mass is 127. The van der Waals surface area contributed by atoms with E-state index in [2.05, 4.69) is 31.5 Å². The third-order valence-electron chi connectivity index (χ3n) is 4.66. The zero-order valence-electron chi connectivity index (χ0n) is 16.7. The summed E-state index contributed by atoms with van der Waals surface area (Å²) in [6, 6.07) is 15.8. The fourth-order valence-corrected chi connectivity index (χ4v) is 3.51. The molecule has 0 saturated carbocycles. The van der Waals surface area contributed by atoms with Crippen LogP contribution in [0, 0.1) is 0 Å². The van der Waals surface area contributed by atoms with Gasteiger partial charge in [0.05, 0.1) is 0 Å². The van der Waals surface area contributed by atoms with Crippen LogP contribution in [0.1, 0.15) is 12.5 Å². The second kappa shape index (κ2) is 11.3. The number of aliphatic imine (C=N–C) groups is 1. The number of rotatable bonds is 4. The first-order valence-electron chi connectivity index (χ1n) is 9.38. The van der Waals surface area contributed by atoms with E-state index in [9.17, 15) is 4.79 Å². The number of hydrogen-bond acceptors (Lipinski definition) is 3. The third kappa shape index (κ3) is 6.78. The van der Waals surface area contributed by atoms with Crippen molar-refractivity contribution in [1.82, 2.24) is 10.2 Å². The summed E-state index contributed by atoms with van der Waals surface area (Å²) in [7, 11) is 1.80. The third-order valence-corrected chi connectivity index (χ3v) is 4.90. The molecule has 1 fully saturated rings. The van der Waals surface area contributed by atoms with Crippen LogP contribution in [0.2, 0.25) is 5.02 Å². The predicted molar refractivity (Wildman–Crippen MR) is 132 cm³/mol. The predicted octanol–water partition coefficient (Wildman–Crippen LogP) is 3.81. The lowest BCUT2D eigenvalue weighted by atomic mass is 10.2. The Kier molecular flexibility index (Phi) is 9.03. The van der Waals surface area contributed by atoms with Gasteiger partial charge in [0, 0.05) is 63.1 Å². The van der Waals surface area contributed by atoms with E-state index in [1.165, 1.54) is 6.92 Å². The zero-order chi connectivity index (χ0) is 19.9. The van der Waals surface area contributed by atoms with Gasteiger partial charge in [-0.15, -0.1) is 24.0 Å². The Balaban J connectivity index is 0.00000300. The number of amides is 1. The fourth-order valence-electron chi connectivity index (χ4n) is 3.32. The summed E-state index contributed by atoms with van der Waals surface area (Å²) in [5.41, 5.74) is 3.05. The van der Waals surface area contributed by atoms with Crippen molar-refractivity contribution in [2.45, 2.75) is 13.5 Å². The maximum atomic E-state index is 11.2. The molecule has 1 heterocycles. The molecule has 0 aromatic heterocycles. The van der Waals surface area contributed by atoms with Crippen LogP contribution in [0.5, 0.6) is 0 Å². The molecule has 0 radical (unpaired) electrons. The van der Waals surface area contributed by atoms with Crippen LogP contribution in [0.4, 0.5) is 11.4 Å². The van der Waals surface area contributed by atoms with E-state index in [0.717, 1.165) is 54.1 Å². The first kappa shape index (κ1) is 23.3. The van der Waals surface area contributed by atoms with Gasteiger partial charge in [0.15, 0.2) is 5.96 Å². The number of carbonyl (C=O) groups is 1. The molecule has 29 heavy (non-hydrogen) atoms. The highest BCUT2D eigenvalue weighted by Crippen LogP contribution is 2.20. The number of hydrogen-bond donors (Lipinski definition) is 2. The number of nitrogens with one attached hydrogen (secondary N) is 2. The maximum Gasteiger partial charge on any atom is 0.221 e. The average molecular weight is 528 g/mol. The zero-order valence-corrected chi connectivity index (χ0v) is 19.8. The molecule has 6 nitrogen and oxygen atoms in total. The minimum absolute atomic E-state index is 0. The van der Waals surface area contributed by atoms with E-state index >= 15 is 0 Å². The van der Waals surface area contributed by atoms with E-state index in [0.29, 0.717) is 6.54 Å². The summed E-state index contributed by atoms with van der Waals surface area (Å²) in [5.74, 6) is 0.814. The van der Waals surface area contributed by atoms with Gasteiger partial charge in [0.1, 0.15) is 0 Å². The number of anilines is 2. The van der Waals surface area contributed by atoms with E-state index in [1.807, 2.05) is 42.5 Å². The molecule has 0 spiro atoms. The van der Waals surface area contributed by atoms with Crippen molar-refractivity contribution >= 4 is 58.8 Å². The summed E-state index contributed by atoms with van der Waals surface area (Å²) in [5, 5.41) is 7.00. The van der Waals surface area contributed by atoms with Crippen LogP contribution in [-0.2, 0) is 11.3 Å². The Morgan fingerprint density at radius 2 is 1.83 bits per heavy atom. The smallest absolute Gasteiger partial charge is 0.221 e. The van der Waals surface area contributed by atoms with Crippen molar-refractivity contribution in [3.63, 3.8) is 0 Å². The number of piperazine rings is 1. The minimum atomic E-state index is -0.0708. The molecule has 0 unspecified atom stereocenters. The molecule has 0 bridgehead atoms. The topological polar surface area (TPSA) is 60.0 Å². The molecule has 2 aromatic rings. The molecule has 1 aliphatic rings. The monoisotopic (exact) mass is 527 g/mol. The molecule has 0 aliphatic carbocycles. The minimum Gasteiger partial charge on any atom is -0.368 e. The van der Waals surface area contributed by atoms with Gasteiger partial charge in [-0.1, -0.05) is 29.8 Å². The lowest BCUT2D eigenvalue weighted by molar-refractivity contribution is -0.114. The first-order valence-corrected chi connectivity index (χ1v) is 9.75. The maximum absolute atomic E-state index is 11.2. The van der Waals surface area contributed by atoms with Crippen LogP contribution < -0.4 is 15.5 Å². The summed E-state index contributed by atoms with van der Waals surface area (Å²) in [4.78, 5) is 20.3. The number of nitrogens with zero attached hydrogens (tertiary/aromatic N) is 3. The van der Waals surface area contributed by atoms with E-state index in [4.69, 9.17) is 11.6 Å². The molecule has 2 aromatic carbocycles. The Hall–Kier alpha value is -2.00. The van der Waals surface area contributed by atoms with Crippen molar-refractivity contribution in [3.05, 3.63) is 59.1 Å². The lowest BCUT2D eigenvalue weighted by Crippen LogP contribution is -2.52. The Morgan fingerprint density at radius 3 is 2.48 bits per heavy atom. The molecular weight excluding hydrogens is 501 g/mol. The number of carbonyl (C=O) groups excluding carboxylic acids is 1. The van der Waals surface area contributed by atoms with Crippen LogP contribution in [0.3, 0.4) is 0 Å². The van der Waals surface area contributed by atoms with Crippen LogP contribution in [0.25, 0.3) is 0 Å². The van der Waals surface area contributed by atoms with Gasteiger partial charge in [-0.25, -0.2) is 0 Å². The second-order valence-electron chi connectivity index (χ2n) is 6.74. The van der Waals surface area contributed by atoms with Crippen molar-refractivity contribution in [3.8, 4) is 0 Å². The van der Waals surface area contributed by atoms with Gasteiger partial charge in [0.2, 0.25) is 5.91 Å². The van der Waals surface area contributed by atoms with Gasteiger partial charge in [-0.3, -0.25) is 9.79 Å². The van der Waals surface area contributed by atoms with Crippen molar-refractivity contribution < 1.29 is 4.79 Å². The molecule has 8 heteroatoms. The van der Waals surface area contributed by atoms with E-state index < -0.39 is 0 Å². The molecular formula is C21H27ClIN5O. The van der Waals surface area contributed by atoms with Gasteiger partial charge >= 0.3 is 0 Å². The van der Waals surface area contributed by atoms with E-state index in [1.54, 1.807) is 7.05 Å². The Morgan fingerprint density at radius 1 is 1.10 bits per heavy atom. The summed E-state index contributed by atoms with van der Waals surface area (Å²) in [6.45, 7) is 5.76. The molecule has 1 aliphatic heterocycles. The summed E-state index contributed by atoms with van der Waals surface area (Å²) in [6.07, 6.45) is 0. The highest BCUT2D eigenvalue weighted by molar-refractivity contribution is 14.0. The SMILES string of the molecule is CN=C(NCc1cccc(NC(C)=O)c1)N1CCN(c2cccc(Cl)c2)CC1.I. The van der Waals surface area contributed by atoms with Crippen LogP contribution >= 0.6 is 35.6 Å². The van der Waals surface area contributed by atoms with E-state index in [-0.39, 0.29) is 29.9 Å². The largest absolute Gasteiger partial charge is 0.368 e. The van der Waals surface area contributed by atoms with Crippen molar-refractivity contribution in [2.75, 3.05) is 43.4 Å². The number of benzene rings is 2. The van der Waals surface area contributed by atoms with Gasteiger partial charge in [0.25, 0.3) is 0 Å².